The molecule has 0 saturated carbocycles. The fourth-order valence-electron chi connectivity index (χ4n) is 3.06. The number of ether oxygens (including phenoxy) is 3. The van der Waals surface area contributed by atoms with Gasteiger partial charge in [0.2, 0.25) is 5.91 Å². The number of halogens is 1. The van der Waals surface area contributed by atoms with E-state index < -0.39 is 5.54 Å². The monoisotopic (exact) mass is 390 g/mol. The molecule has 1 heterocycles. The molecule has 2 aromatic rings. The number of fused-ring (bicyclic) bond motifs is 1. The van der Waals surface area contributed by atoms with E-state index in [9.17, 15) is 4.79 Å². The van der Waals surface area contributed by atoms with Crippen molar-refractivity contribution in [3.05, 3.63) is 35.9 Å². The first-order valence-corrected chi connectivity index (χ1v) is 9.06. The summed E-state index contributed by atoms with van der Waals surface area (Å²) in [6.45, 7) is 3.82. The normalized spacial score (nSPS) is 14.8. The number of nitrogens with one attached hydrogen (secondary N) is 2. The van der Waals surface area contributed by atoms with Gasteiger partial charge < -0.3 is 24.8 Å². The first-order valence-electron chi connectivity index (χ1n) is 8.53. The van der Waals surface area contributed by atoms with E-state index in [2.05, 4.69) is 10.6 Å². The Bertz CT molecular complexity index is 867. The fraction of sp³-hybridized carbons (Fsp3) is 0.350. The van der Waals surface area contributed by atoms with Crippen molar-refractivity contribution in [1.29, 1.82) is 0 Å². The van der Waals surface area contributed by atoms with Crippen LogP contribution in [-0.4, -0.2) is 32.5 Å². The van der Waals surface area contributed by atoms with E-state index in [-0.39, 0.29) is 18.6 Å². The molecular weight excluding hydrogens is 368 g/mol. The van der Waals surface area contributed by atoms with Crippen LogP contribution in [0.3, 0.4) is 0 Å². The van der Waals surface area contributed by atoms with Gasteiger partial charge in [0.1, 0.15) is 17.0 Å². The number of hydrogen-bond donors (Lipinski definition) is 2. The minimum atomic E-state index is -0.684. The zero-order valence-corrected chi connectivity index (χ0v) is 16.6. The molecule has 3 rings (SSSR count). The van der Waals surface area contributed by atoms with Crippen LogP contribution in [0.1, 0.15) is 19.4 Å². The Balaban J connectivity index is 2.08. The van der Waals surface area contributed by atoms with Gasteiger partial charge in [-0.25, -0.2) is 0 Å². The molecule has 7 heteroatoms. The Morgan fingerprint density at radius 1 is 1.11 bits per heavy atom. The Kier molecular flexibility index (Phi) is 5.48. The maximum Gasteiger partial charge on any atom is 0.249 e. The molecule has 1 aliphatic rings. The van der Waals surface area contributed by atoms with Crippen molar-refractivity contribution >= 4 is 28.9 Å². The molecular formula is C20H23ClN2O4. The predicted molar refractivity (Wildman–Crippen MR) is 107 cm³/mol. The number of hydrogen-bond acceptors (Lipinski definition) is 5. The number of carbonyl (C=O) groups is 1. The van der Waals surface area contributed by atoms with Gasteiger partial charge in [-0.1, -0.05) is 6.07 Å². The van der Waals surface area contributed by atoms with Crippen molar-refractivity contribution in [2.75, 3.05) is 31.6 Å². The average Bonchev–Trinajstić information content (AvgIpc) is 2.66. The van der Waals surface area contributed by atoms with Crippen molar-refractivity contribution < 1.29 is 19.0 Å². The van der Waals surface area contributed by atoms with E-state index in [0.717, 1.165) is 22.4 Å². The van der Waals surface area contributed by atoms with E-state index >= 15 is 0 Å². The highest BCUT2D eigenvalue weighted by Crippen LogP contribution is 2.43. The van der Waals surface area contributed by atoms with Gasteiger partial charge in [-0.3, -0.25) is 4.79 Å². The Morgan fingerprint density at radius 3 is 2.52 bits per heavy atom. The number of amides is 1. The number of benzene rings is 2. The van der Waals surface area contributed by atoms with Gasteiger partial charge >= 0.3 is 0 Å². The van der Waals surface area contributed by atoms with Gasteiger partial charge in [-0.05, 0) is 37.6 Å². The van der Waals surface area contributed by atoms with Crippen LogP contribution in [0.5, 0.6) is 11.5 Å². The molecule has 2 N–H and O–H groups in total. The van der Waals surface area contributed by atoms with Crippen LogP contribution in [0.25, 0.3) is 11.1 Å². The maximum absolute atomic E-state index is 12.4. The lowest BCUT2D eigenvalue weighted by Gasteiger charge is -2.34. The van der Waals surface area contributed by atoms with Crippen LogP contribution in [0.4, 0.5) is 11.4 Å². The molecule has 144 valence electrons. The predicted octanol–water partition coefficient (Wildman–Crippen LogP) is 4.23. The molecule has 6 nitrogen and oxygen atoms in total. The number of alkyl halides is 1. The second-order valence-corrected chi connectivity index (χ2v) is 7.03. The minimum absolute atomic E-state index is 0.103. The quantitative estimate of drug-likeness (QED) is 0.570. The Morgan fingerprint density at radius 2 is 1.85 bits per heavy atom. The molecule has 0 fully saturated rings. The molecule has 2 aromatic carbocycles. The van der Waals surface area contributed by atoms with Crippen LogP contribution in [-0.2, 0) is 15.4 Å². The first-order chi connectivity index (χ1) is 12.9. The van der Waals surface area contributed by atoms with E-state index in [1.54, 1.807) is 20.3 Å². The second-order valence-electron chi connectivity index (χ2n) is 6.76. The number of methoxy groups -OCH3 is 2. The van der Waals surface area contributed by atoms with E-state index in [0.29, 0.717) is 17.2 Å². The van der Waals surface area contributed by atoms with Crippen molar-refractivity contribution in [3.8, 4) is 22.6 Å². The molecule has 0 unspecified atom stereocenters. The Labute approximate surface area is 163 Å². The van der Waals surface area contributed by atoms with Gasteiger partial charge in [0, 0.05) is 24.3 Å². The summed E-state index contributed by atoms with van der Waals surface area (Å²) in [4.78, 5) is 12.4. The highest BCUT2D eigenvalue weighted by Gasteiger charge is 2.34. The molecule has 0 aliphatic carbocycles. The lowest BCUT2D eigenvalue weighted by molar-refractivity contribution is -0.119. The lowest BCUT2D eigenvalue weighted by atomic mass is 9.93. The van der Waals surface area contributed by atoms with E-state index in [1.165, 1.54) is 0 Å². The van der Waals surface area contributed by atoms with E-state index in [4.69, 9.17) is 25.8 Å². The minimum Gasteiger partial charge on any atom is -0.496 e. The highest BCUT2D eigenvalue weighted by atomic mass is 35.5. The van der Waals surface area contributed by atoms with Gasteiger partial charge in [0.05, 0.1) is 24.4 Å². The molecule has 0 saturated heterocycles. The largest absolute Gasteiger partial charge is 0.496 e. The zero-order chi connectivity index (χ0) is 19.6. The summed E-state index contributed by atoms with van der Waals surface area (Å²) >= 11 is 6.27. The molecule has 0 aromatic heterocycles. The summed E-state index contributed by atoms with van der Waals surface area (Å²) < 4.78 is 16.0. The standard InChI is InChI=1S/C20H23ClN2O4/c1-20(2)19(24)22-18-15(10-21)13(7-8-16(18)23-20)14-6-5-12(27-11-25-3)9-17(14)26-4/h5-9,23H,10-11H2,1-4H3,(H,22,24). The smallest absolute Gasteiger partial charge is 0.249 e. The summed E-state index contributed by atoms with van der Waals surface area (Å²) in [6.07, 6.45) is 0. The molecule has 0 bridgehead atoms. The molecule has 27 heavy (non-hydrogen) atoms. The van der Waals surface area contributed by atoms with Crippen LogP contribution in [0.15, 0.2) is 30.3 Å². The van der Waals surface area contributed by atoms with Crippen LogP contribution in [0.2, 0.25) is 0 Å². The molecule has 0 spiro atoms. The SMILES string of the molecule is COCOc1ccc(-c2ccc3c(c2CCl)NC(=O)C(C)(C)N3)c(OC)c1. The lowest BCUT2D eigenvalue weighted by Crippen LogP contribution is -2.47. The third-order valence-corrected chi connectivity index (χ3v) is 4.77. The van der Waals surface area contributed by atoms with Crippen molar-refractivity contribution in [3.63, 3.8) is 0 Å². The van der Waals surface area contributed by atoms with Crippen molar-refractivity contribution in [2.45, 2.75) is 25.3 Å². The van der Waals surface area contributed by atoms with Gasteiger partial charge in [-0.15, -0.1) is 11.6 Å². The van der Waals surface area contributed by atoms with Gasteiger partial charge in [0.25, 0.3) is 0 Å². The number of anilines is 2. The second kappa shape index (κ2) is 7.66. The number of carbonyl (C=O) groups excluding carboxylic acids is 1. The van der Waals surface area contributed by atoms with Crippen LogP contribution in [0, 0.1) is 0 Å². The molecule has 1 amide bonds. The summed E-state index contributed by atoms with van der Waals surface area (Å²) in [7, 11) is 3.17. The van der Waals surface area contributed by atoms with Crippen LogP contribution >= 0.6 is 11.6 Å². The number of rotatable bonds is 6. The summed E-state index contributed by atoms with van der Waals surface area (Å²) in [5.74, 6) is 1.42. The zero-order valence-electron chi connectivity index (χ0n) is 15.8. The van der Waals surface area contributed by atoms with Gasteiger partial charge in [-0.2, -0.15) is 0 Å². The van der Waals surface area contributed by atoms with Crippen LogP contribution < -0.4 is 20.1 Å². The summed E-state index contributed by atoms with van der Waals surface area (Å²) in [6, 6.07) is 9.46. The average molecular weight is 391 g/mol. The van der Waals surface area contributed by atoms with E-state index in [1.807, 2.05) is 38.1 Å². The third-order valence-electron chi connectivity index (χ3n) is 4.51. The van der Waals surface area contributed by atoms with Crippen molar-refractivity contribution in [1.82, 2.24) is 0 Å². The molecule has 0 atom stereocenters. The topological polar surface area (TPSA) is 68.8 Å². The van der Waals surface area contributed by atoms with Gasteiger partial charge in [0.15, 0.2) is 6.79 Å². The third kappa shape index (κ3) is 3.68. The van der Waals surface area contributed by atoms with Crippen molar-refractivity contribution in [2.24, 2.45) is 0 Å². The molecule has 1 aliphatic heterocycles. The molecule has 0 radical (unpaired) electrons. The Hall–Kier alpha value is -2.44. The summed E-state index contributed by atoms with van der Waals surface area (Å²) in [5, 5.41) is 6.25. The summed E-state index contributed by atoms with van der Waals surface area (Å²) in [5.41, 5.74) is 3.44. The fourth-order valence-corrected chi connectivity index (χ4v) is 3.34. The first kappa shape index (κ1) is 19.3. The maximum atomic E-state index is 12.4. The highest BCUT2D eigenvalue weighted by molar-refractivity contribution is 6.19.